The largest absolute Gasteiger partial charge is 0.0882 e. The summed E-state index contributed by atoms with van der Waals surface area (Å²) in [7, 11) is 0. The van der Waals surface area contributed by atoms with Crippen molar-refractivity contribution in [1.29, 1.82) is 0 Å². The molecule has 4 saturated carbocycles. The molecule has 4 aliphatic carbocycles. The molecule has 4 unspecified atom stereocenters. The Morgan fingerprint density at radius 1 is 1.13 bits per heavy atom. The third kappa shape index (κ3) is 0.990. The molecule has 0 heterocycles. The van der Waals surface area contributed by atoms with Crippen LogP contribution in [-0.4, -0.2) is 0 Å². The van der Waals surface area contributed by atoms with Crippen LogP contribution in [0.3, 0.4) is 0 Å². The van der Waals surface area contributed by atoms with E-state index in [-0.39, 0.29) is 0 Å². The Morgan fingerprint density at radius 2 is 1.87 bits per heavy atom. The Morgan fingerprint density at radius 3 is 2.47 bits per heavy atom. The maximum atomic E-state index is 2.57. The van der Waals surface area contributed by atoms with E-state index in [9.17, 15) is 0 Å². The molecule has 0 aromatic heterocycles. The highest BCUT2D eigenvalue weighted by Crippen LogP contribution is 2.78. The van der Waals surface area contributed by atoms with Gasteiger partial charge in [-0.1, -0.05) is 25.5 Å². The van der Waals surface area contributed by atoms with Crippen molar-refractivity contribution in [3.8, 4) is 0 Å². The van der Waals surface area contributed by atoms with Crippen LogP contribution >= 0.6 is 0 Å². The highest BCUT2D eigenvalue weighted by molar-refractivity contribution is 5.29. The molecule has 0 N–H and O–H groups in total. The Hall–Kier alpha value is -0.260. The van der Waals surface area contributed by atoms with Gasteiger partial charge in [0.15, 0.2) is 0 Å². The van der Waals surface area contributed by atoms with Crippen LogP contribution in [0.25, 0.3) is 0 Å². The minimum Gasteiger partial charge on any atom is -0.0882 e. The minimum atomic E-state index is 0.597. The molecule has 0 aromatic rings. The predicted octanol–water partition coefficient (Wildman–Crippen LogP) is 4.56. The molecule has 4 rings (SSSR count). The normalized spacial score (nSPS) is 57.9. The molecule has 4 aliphatic rings. The fourth-order valence-electron chi connectivity index (χ4n) is 5.94. The van der Waals surface area contributed by atoms with E-state index in [2.05, 4.69) is 33.8 Å². The summed E-state index contributed by atoms with van der Waals surface area (Å²) in [6.45, 7) is 9.73. The molecule has 0 aromatic carbocycles. The van der Waals surface area contributed by atoms with Crippen molar-refractivity contribution in [1.82, 2.24) is 0 Å². The lowest BCUT2D eigenvalue weighted by Crippen LogP contribution is -2.31. The minimum absolute atomic E-state index is 0.597. The Labute approximate surface area is 94.1 Å². The number of hydrogen-bond donors (Lipinski definition) is 0. The first-order valence-corrected chi connectivity index (χ1v) is 6.57. The van der Waals surface area contributed by atoms with E-state index in [0.29, 0.717) is 16.2 Å². The summed E-state index contributed by atoms with van der Waals surface area (Å²) in [4.78, 5) is 0. The summed E-state index contributed by atoms with van der Waals surface area (Å²) in [6.07, 6.45) is 9.87. The zero-order chi connectivity index (χ0) is 10.9. The maximum Gasteiger partial charge on any atom is -0.00291 e. The molecule has 0 heteroatoms. The fraction of sp³-hybridized carbons (Fsp3) is 0.867. The van der Waals surface area contributed by atoms with Crippen LogP contribution in [0.1, 0.15) is 59.8 Å². The van der Waals surface area contributed by atoms with Crippen molar-refractivity contribution >= 4 is 0 Å². The summed E-state index contributed by atoms with van der Waals surface area (Å²) in [5, 5.41) is 0. The maximum absolute atomic E-state index is 2.57. The molecule has 0 aliphatic heterocycles. The van der Waals surface area contributed by atoms with Crippen molar-refractivity contribution in [2.45, 2.75) is 59.8 Å². The first-order chi connectivity index (χ1) is 6.93. The van der Waals surface area contributed by atoms with Crippen molar-refractivity contribution in [2.24, 2.45) is 22.2 Å². The van der Waals surface area contributed by atoms with E-state index < -0.39 is 0 Å². The van der Waals surface area contributed by atoms with Crippen molar-refractivity contribution in [3.05, 3.63) is 11.6 Å². The van der Waals surface area contributed by atoms with Gasteiger partial charge in [-0.15, -0.1) is 0 Å². The average molecular weight is 204 g/mol. The third-order valence-corrected chi connectivity index (χ3v) is 6.05. The molecule has 4 atom stereocenters. The second kappa shape index (κ2) is 2.52. The predicted molar refractivity (Wildman–Crippen MR) is 64.7 cm³/mol. The quantitative estimate of drug-likeness (QED) is 0.549. The van der Waals surface area contributed by atoms with Gasteiger partial charge in [0.25, 0.3) is 0 Å². The van der Waals surface area contributed by atoms with Crippen LogP contribution in [0.15, 0.2) is 11.6 Å². The Balaban J connectivity index is 2.12. The summed E-state index contributed by atoms with van der Waals surface area (Å²) in [5.74, 6) is 1.04. The molecule has 0 amide bonds. The first-order valence-electron chi connectivity index (χ1n) is 6.57. The van der Waals surface area contributed by atoms with Crippen LogP contribution in [-0.2, 0) is 0 Å². The molecule has 84 valence electrons. The van der Waals surface area contributed by atoms with E-state index in [4.69, 9.17) is 0 Å². The smallest absolute Gasteiger partial charge is 0.00291 e. The number of allylic oxidation sites excluding steroid dienone is 2. The van der Waals surface area contributed by atoms with E-state index in [0.717, 1.165) is 5.92 Å². The highest BCUT2D eigenvalue weighted by atomic mass is 14.7. The van der Waals surface area contributed by atoms with Gasteiger partial charge in [0.05, 0.1) is 0 Å². The number of hydrogen-bond acceptors (Lipinski definition) is 0. The van der Waals surface area contributed by atoms with E-state index in [1.807, 2.05) is 0 Å². The van der Waals surface area contributed by atoms with E-state index in [1.165, 1.54) is 32.1 Å². The summed E-state index contributed by atoms with van der Waals surface area (Å²) in [5.41, 5.74) is 3.61. The summed E-state index contributed by atoms with van der Waals surface area (Å²) in [6, 6.07) is 0. The zero-order valence-electron chi connectivity index (χ0n) is 10.7. The lowest BCUT2D eigenvalue weighted by Gasteiger charge is -2.40. The van der Waals surface area contributed by atoms with Gasteiger partial charge in [0.1, 0.15) is 0 Å². The SMILES string of the molecule is CC=C(C)C12CC3CC(C)(CC1(C)C3)C2. The second-order valence-corrected chi connectivity index (χ2v) is 7.26. The van der Waals surface area contributed by atoms with Gasteiger partial charge >= 0.3 is 0 Å². The molecule has 0 nitrogen and oxygen atoms in total. The third-order valence-electron chi connectivity index (χ3n) is 6.05. The van der Waals surface area contributed by atoms with Gasteiger partial charge in [-0.3, -0.25) is 0 Å². The average Bonchev–Trinajstić information content (AvgIpc) is 2.41. The topological polar surface area (TPSA) is 0 Å². The Kier molecular flexibility index (Phi) is 1.67. The molecule has 0 spiro atoms. The monoisotopic (exact) mass is 204 g/mol. The summed E-state index contributed by atoms with van der Waals surface area (Å²) < 4.78 is 0. The van der Waals surface area contributed by atoms with Crippen LogP contribution in [0.4, 0.5) is 0 Å². The molecule has 4 fully saturated rings. The zero-order valence-corrected chi connectivity index (χ0v) is 10.7. The number of rotatable bonds is 1. The molecule has 4 bridgehead atoms. The van der Waals surface area contributed by atoms with Gasteiger partial charge in [-0.05, 0) is 68.1 Å². The molecular weight excluding hydrogens is 180 g/mol. The molecular formula is C15H24. The van der Waals surface area contributed by atoms with Gasteiger partial charge in [0.2, 0.25) is 0 Å². The molecule has 0 saturated heterocycles. The second-order valence-electron chi connectivity index (χ2n) is 7.26. The van der Waals surface area contributed by atoms with Gasteiger partial charge in [-0.25, -0.2) is 0 Å². The van der Waals surface area contributed by atoms with Crippen molar-refractivity contribution < 1.29 is 0 Å². The van der Waals surface area contributed by atoms with Crippen molar-refractivity contribution in [2.75, 3.05) is 0 Å². The fourth-order valence-corrected chi connectivity index (χ4v) is 5.94. The lowest BCUT2D eigenvalue weighted by molar-refractivity contribution is 0.142. The van der Waals surface area contributed by atoms with Gasteiger partial charge in [-0.2, -0.15) is 0 Å². The highest BCUT2D eigenvalue weighted by Gasteiger charge is 2.68. The molecule has 0 radical (unpaired) electrons. The standard InChI is InChI=1S/C15H24/c1-5-11(2)15-8-12-6-13(3,10-15)9-14(15,4)7-12/h5,12H,6-10H2,1-4H3. The molecule has 15 heavy (non-hydrogen) atoms. The first kappa shape index (κ1) is 9.93. The van der Waals surface area contributed by atoms with Crippen molar-refractivity contribution in [3.63, 3.8) is 0 Å². The van der Waals surface area contributed by atoms with Crippen LogP contribution < -0.4 is 0 Å². The summed E-state index contributed by atoms with van der Waals surface area (Å²) >= 11 is 0. The van der Waals surface area contributed by atoms with E-state index >= 15 is 0 Å². The van der Waals surface area contributed by atoms with Crippen LogP contribution in [0.2, 0.25) is 0 Å². The van der Waals surface area contributed by atoms with Crippen LogP contribution in [0.5, 0.6) is 0 Å². The Bertz CT molecular complexity index is 340. The van der Waals surface area contributed by atoms with Crippen LogP contribution in [0, 0.1) is 22.2 Å². The van der Waals surface area contributed by atoms with Gasteiger partial charge < -0.3 is 0 Å². The van der Waals surface area contributed by atoms with Gasteiger partial charge in [0, 0.05) is 0 Å². The lowest BCUT2D eigenvalue weighted by atomic mass is 9.64. The van der Waals surface area contributed by atoms with E-state index in [1.54, 1.807) is 5.57 Å².